The van der Waals surface area contributed by atoms with Crippen molar-refractivity contribution in [3.63, 3.8) is 0 Å². The van der Waals surface area contributed by atoms with Crippen LogP contribution < -0.4 is 4.72 Å². The van der Waals surface area contributed by atoms with Crippen LogP contribution in [0.2, 0.25) is 0 Å². The summed E-state index contributed by atoms with van der Waals surface area (Å²) in [6.07, 6.45) is 6.77. The molecule has 0 saturated carbocycles. The van der Waals surface area contributed by atoms with Crippen molar-refractivity contribution in [1.29, 1.82) is 0 Å². The summed E-state index contributed by atoms with van der Waals surface area (Å²) in [6, 6.07) is 2.39. The molecule has 0 heterocycles. The molecule has 0 radical (unpaired) electrons. The van der Waals surface area contributed by atoms with Crippen LogP contribution in [0.4, 0.5) is 10.1 Å². The van der Waals surface area contributed by atoms with Crippen molar-refractivity contribution in [3.05, 3.63) is 34.1 Å². The molecular formula is C12H13FN2O4S. The fourth-order valence-electron chi connectivity index (χ4n) is 1.46. The van der Waals surface area contributed by atoms with Gasteiger partial charge in [0.1, 0.15) is 10.7 Å². The molecule has 6 nitrogen and oxygen atoms in total. The van der Waals surface area contributed by atoms with Gasteiger partial charge >= 0.3 is 0 Å². The molecule has 0 aromatic heterocycles. The van der Waals surface area contributed by atoms with Gasteiger partial charge in [-0.05, 0) is 18.9 Å². The number of terminal acetylenes is 1. The number of nitrogens with zero attached hydrogens (tertiary/aromatic N) is 1. The summed E-state index contributed by atoms with van der Waals surface area (Å²) in [4.78, 5) is 9.03. The standard InChI is InChI=1S/C12H13FN2O4S/c1-2-3-4-5-8-14-20(18,19)12-7-6-10(15(16)17)9-11(12)13/h1,6-7,9,14H,3-5,8H2. The quantitative estimate of drug-likeness (QED) is 0.360. The van der Waals surface area contributed by atoms with E-state index in [1.165, 1.54) is 0 Å². The maximum atomic E-state index is 13.6. The molecule has 0 spiro atoms. The summed E-state index contributed by atoms with van der Waals surface area (Å²) in [5, 5.41) is 10.4. The maximum absolute atomic E-state index is 13.6. The molecule has 8 heteroatoms. The molecule has 108 valence electrons. The monoisotopic (exact) mass is 300 g/mol. The number of non-ortho nitro benzene ring substituents is 1. The first kappa shape index (κ1) is 16.1. The smallest absolute Gasteiger partial charge is 0.258 e. The molecule has 0 aliphatic rings. The van der Waals surface area contributed by atoms with Crippen LogP contribution >= 0.6 is 0 Å². The van der Waals surface area contributed by atoms with Crippen molar-refractivity contribution in [2.45, 2.75) is 24.2 Å². The third-order valence-corrected chi connectivity index (χ3v) is 3.95. The van der Waals surface area contributed by atoms with E-state index in [0.29, 0.717) is 25.3 Å². The molecule has 0 amide bonds. The predicted octanol–water partition coefficient (Wildman–Crippen LogP) is 1.82. The highest BCUT2D eigenvalue weighted by Gasteiger charge is 2.21. The van der Waals surface area contributed by atoms with E-state index < -0.39 is 31.3 Å². The SMILES string of the molecule is C#CCCCCNS(=O)(=O)c1ccc([N+](=O)[O-])cc1F. The van der Waals surface area contributed by atoms with Gasteiger partial charge in [-0.15, -0.1) is 12.3 Å². The largest absolute Gasteiger partial charge is 0.272 e. The Hall–Kier alpha value is -1.98. The van der Waals surface area contributed by atoms with Gasteiger partial charge < -0.3 is 0 Å². The van der Waals surface area contributed by atoms with E-state index in [2.05, 4.69) is 10.6 Å². The molecule has 1 aromatic carbocycles. The molecule has 1 N–H and O–H groups in total. The number of hydrogen-bond donors (Lipinski definition) is 1. The molecule has 0 aliphatic heterocycles. The number of unbranched alkanes of at least 4 members (excludes halogenated alkanes) is 2. The summed E-state index contributed by atoms with van der Waals surface area (Å²) in [5.41, 5.74) is -0.504. The van der Waals surface area contributed by atoms with E-state index in [0.717, 1.165) is 12.1 Å². The first-order valence-electron chi connectivity index (χ1n) is 5.75. The molecule has 0 unspecified atom stereocenters. The van der Waals surface area contributed by atoms with Gasteiger partial charge in [0.25, 0.3) is 5.69 Å². The molecule has 0 fully saturated rings. The third kappa shape index (κ3) is 4.29. The fraction of sp³-hybridized carbons (Fsp3) is 0.333. The number of nitrogens with one attached hydrogen (secondary N) is 1. The summed E-state index contributed by atoms with van der Waals surface area (Å²) in [6.45, 7) is 0.125. The Balaban J connectivity index is 2.78. The zero-order chi connectivity index (χ0) is 15.2. The zero-order valence-electron chi connectivity index (χ0n) is 10.5. The van der Waals surface area contributed by atoms with Gasteiger partial charge in [0.05, 0.1) is 11.0 Å². The Morgan fingerprint density at radius 1 is 1.40 bits per heavy atom. The summed E-state index contributed by atoms with van der Waals surface area (Å²) >= 11 is 0. The van der Waals surface area contributed by atoms with E-state index in [1.807, 2.05) is 0 Å². The van der Waals surface area contributed by atoms with Gasteiger partial charge in [-0.3, -0.25) is 10.1 Å². The summed E-state index contributed by atoms with van der Waals surface area (Å²) < 4.78 is 39.4. The van der Waals surface area contributed by atoms with Crippen LogP contribution in [0.1, 0.15) is 19.3 Å². The van der Waals surface area contributed by atoms with Crippen molar-refractivity contribution in [2.24, 2.45) is 0 Å². The second-order valence-electron chi connectivity index (χ2n) is 3.93. The maximum Gasteiger partial charge on any atom is 0.272 e. The molecule has 20 heavy (non-hydrogen) atoms. The van der Waals surface area contributed by atoms with Crippen LogP contribution in [0.3, 0.4) is 0 Å². The number of sulfonamides is 1. The van der Waals surface area contributed by atoms with Crippen molar-refractivity contribution >= 4 is 15.7 Å². The first-order chi connectivity index (χ1) is 9.38. The molecule has 0 bridgehead atoms. The lowest BCUT2D eigenvalue weighted by Gasteiger charge is -2.07. The Bertz CT molecular complexity index is 637. The third-order valence-electron chi connectivity index (χ3n) is 2.46. The lowest BCUT2D eigenvalue weighted by Crippen LogP contribution is -2.25. The average molecular weight is 300 g/mol. The van der Waals surface area contributed by atoms with Crippen LogP contribution in [-0.2, 0) is 10.0 Å². The molecular weight excluding hydrogens is 287 g/mol. The fourth-order valence-corrected chi connectivity index (χ4v) is 2.59. The number of hydrogen-bond acceptors (Lipinski definition) is 4. The highest BCUT2D eigenvalue weighted by atomic mass is 32.2. The minimum Gasteiger partial charge on any atom is -0.258 e. The normalized spacial score (nSPS) is 11.0. The van der Waals surface area contributed by atoms with Gasteiger partial charge in [0.15, 0.2) is 0 Å². The lowest BCUT2D eigenvalue weighted by molar-refractivity contribution is -0.385. The van der Waals surface area contributed by atoms with E-state index in [-0.39, 0.29) is 6.54 Å². The van der Waals surface area contributed by atoms with E-state index in [9.17, 15) is 22.9 Å². The summed E-state index contributed by atoms with van der Waals surface area (Å²) in [5.74, 6) is 1.26. The Morgan fingerprint density at radius 2 is 2.10 bits per heavy atom. The van der Waals surface area contributed by atoms with Crippen molar-refractivity contribution in [2.75, 3.05) is 6.54 Å². The van der Waals surface area contributed by atoms with Gasteiger partial charge in [0, 0.05) is 19.0 Å². The molecule has 1 rings (SSSR count). The van der Waals surface area contributed by atoms with Gasteiger partial charge in [-0.25, -0.2) is 17.5 Å². The van der Waals surface area contributed by atoms with Gasteiger partial charge in [-0.1, -0.05) is 0 Å². The zero-order valence-corrected chi connectivity index (χ0v) is 11.3. The topological polar surface area (TPSA) is 89.3 Å². The van der Waals surface area contributed by atoms with E-state index >= 15 is 0 Å². The van der Waals surface area contributed by atoms with Crippen molar-refractivity contribution in [1.82, 2.24) is 4.72 Å². The van der Waals surface area contributed by atoms with Gasteiger partial charge in [-0.2, -0.15) is 0 Å². The molecule has 0 atom stereocenters. The minimum absolute atomic E-state index is 0.125. The van der Waals surface area contributed by atoms with Crippen LogP contribution in [0.25, 0.3) is 0 Å². The molecule has 0 saturated heterocycles. The molecule has 0 aliphatic carbocycles. The number of benzene rings is 1. The van der Waals surface area contributed by atoms with Crippen LogP contribution in [0.5, 0.6) is 0 Å². The minimum atomic E-state index is -4.02. The van der Waals surface area contributed by atoms with Crippen molar-refractivity contribution < 1.29 is 17.7 Å². The average Bonchev–Trinajstić information content (AvgIpc) is 2.37. The Kier molecular flexibility index (Phi) is 5.61. The molecule has 1 aromatic rings. The predicted molar refractivity (Wildman–Crippen MR) is 70.9 cm³/mol. The van der Waals surface area contributed by atoms with Crippen LogP contribution in [0, 0.1) is 28.3 Å². The summed E-state index contributed by atoms with van der Waals surface area (Å²) in [7, 11) is -4.02. The Morgan fingerprint density at radius 3 is 2.65 bits per heavy atom. The van der Waals surface area contributed by atoms with Crippen LogP contribution in [0.15, 0.2) is 23.1 Å². The van der Waals surface area contributed by atoms with Crippen molar-refractivity contribution in [3.8, 4) is 12.3 Å². The van der Waals surface area contributed by atoms with E-state index in [4.69, 9.17) is 6.42 Å². The number of nitro benzene ring substituents is 1. The lowest BCUT2D eigenvalue weighted by atomic mass is 10.2. The Labute approximate surface area is 116 Å². The second kappa shape index (κ2) is 6.98. The number of rotatable bonds is 7. The van der Waals surface area contributed by atoms with Gasteiger partial charge in [0.2, 0.25) is 10.0 Å². The van der Waals surface area contributed by atoms with Crippen LogP contribution in [-0.4, -0.2) is 19.9 Å². The highest BCUT2D eigenvalue weighted by molar-refractivity contribution is 7.89. The second-order valence-corrected chi connectivity index (χ2v) is 5.67. The van der Waals surface area contributed by atoms with E-state index in [1.54, 1.807) is 0 Å². The first-order valence-corrected chi connectivity index (χ1v) is 7.24. The highest BCUT2D eigenvalue weighted by Crippen LogP contribution is 2.20. The number of nitro groups is 1. The number of halogens is 1.